The molecule has 3 heterocycles. The van der Waals surface area contributed by atoms with Crippen LogP contribution in [0.5, 0.6) is 0 Å². The van der Waals surface area contributed by atoms with E-state index in [0.717, 1.165) is 12.1 Å². The van der Waals surface area contributed by atoms with E-state index >= 15 is 0 Å². The number of amides is 1. The minimum atomic E-state index is -4.70. The molecular weight excluding hydrogens is 398 g/mol. The predicted octanol–water partition coefficient (Wildman–Crippen LogP) is 4.49. The maximum Gasteiger partial charge on any atom is 0.417 e. The molecule has 0 saturated heterocycles. The highest BCUT2D eigenvalue weighted by molar-refractivity contribution is 7.13. The van der Waals surface area contributed by atoms with E-state index in [1.54, 1.807) is 5.38 Å². The van der Waals surface area contributed by atoms with Gasteiger partial charge < -0.3 is 4.98 Å². The zero-order valence-electron chi connectivity index (χ0n) is 13.7. The van der Waals surface area contributed by atoms with E-state index in [1.807, 2.05) is 0 Å². The van der Waals surface area contributed by atoms with Gasteiger partial charge in [0.2, 0.25) is 0 Å². The zero-order valence-corrected chi connectivity index (χ0v) is 14.5. The second-order valence-corrected chi connectivity index (χ2v) is 6.54. The van der Waals surface area contributed by atoms with E-state index in [4.69, 9.17) is 0 Å². The second-order valence-electron chi connectivity index (χ2n) is 5.65. The van der Waals surface area contributed by atoms with Gasteiger partial charge in [-0.25, -0.2) is 14.4 Å². The minimum absolute atomic E-state index is 0.0418. The lowest BCUT2D eigenvalue weighted by atomic mass is 10.1. The van der Waals surface area contributed by atoms with Crippen LogP contribution in [0.2, 0.25) is 0 Å². The third-order valence-electron chi connectivity index (χ3n) is 3.83. The topological polar surface area (TPSA) is 83.6 Å². The number of aromatic amines is 1. The molecule has 3 aromatic heterocycles. The largest absolute Gasteiger partial charge is 0.417 e. The number of benzene rings is 1. The van der Waals surface area contributed by atoms with Crippen molar-refractivity contribution < 1.29 is 22.4 Å². The number of pyridine rings is 1. The number of H-pyrrole nitrogens is 1. The van der Waals surface area contributed by atoms with Crippen molar-refractivity contribution in [3.8, 4) is 11.4 Å². The van der Waals surface area contributed by atoms with E-state index in [-0.39, 0.29) is 22.4 Å². The van der Waals surface area contributed by atoms with Crippen LogP contribution >= 0.6 is 11.3 Å². The van der Waals surface area contributed by atoms with Gasteiger partial charge in [0.05, 0.1) is 22.8 Å². The molecule has 142 valence electrons. The number of rotatable bonds is 3. The quantitative estimate of drug-likeness (QED) is 0.490. The third kappa shape index (κ3) is 3.31. The first-order chi connectivity index (χ1) is 13.3. The fourth-order valence-corrected chi connectivity index (χ4v) is 3.16. The molecule has 11 heteroatoms. The van der Waals surface area contributed by atoms with Crippen LogP contribution in [0, 0.1) is 5.82 Å². The summed E-state index contributed by atoms with van der Waals surface area (Å²) in [7, 11) is 0. The molecule has 0 saturated carbocycles. The Labute approximate surface area is 158 Å². The third-order valence-corrected chi connectivity index (χ3v) is 4.52. The van der Waals surface area contributed by atoms with E-state index in [2.05, 4.69) is 25.3 Å². The summed E-state index contributed by atoms with van der Waals surface area (Å²) in [6, 6.07) is 2.11. The van der Waals surface area contributed by atoms with Crippen molar-refractivity contribution in [2.24, 2.45) is 0 Å². The van der Waals surface area contributed by atoms with Crippen LogP contribution in [0.15, 0.2) is 42.2 Å². The van der Waals surface area contributed by atoms with Gasteiger partial charge in [-0.05, 0) is 18.2 Å². The number of nitrogens with one attached hydrogen (secondary N) is 2. The molecule has 0 aliphatic rings. The van der Waals surface area contributed by atoms with Crippen molar-refractivity contribution in [1.82, 2.24) is 19.9 Å². The van der Waals surface area contributed by atoms with Crippen molar-refractivity contribution in [2.75, 3.05) is 5.32 Å². The Bertz CT molecular complexity index is 1170. The molecule has 0 aliphatic carbocycles. The number of fused-ring (bicyclic) bond motifs is 1. The summed E-state index contributed by atoms with van der Waals surface area (Å²) < 4.78 is 53.5. The number of thiazole rings is 1. The molecule has 4 rings (SSSR count). The lowest BCUT2D eigenvalue weighted by molar-refractivity contribution is -0.137. The molecule has 4 aromatic rings. The lowest BCUT2D eigenvalue weighted by Gasteiger charge is -2.11. The molecule has 0 unspecified atom stereocenters. The van der Waals surface area contributed by atoms with Gasteiger partial charge in [-0.15, -0.1) is 11.3 Å². The van der Waals surface area contributed by atoms with Gasteiger partial charge in [-0.1, -0.05) is 0 Å². The Morgan fingerprint density at radius 2 is 2.04 bits per heavy atom. The highest BCUT2D eigenvalue weighted by Gasteiger charge is 2.34. The predicted molar refractivity (Wildman–Crippen MR) is 94.4 cm³/mol. The molecule has 1 amide bonds. The first kappa shape index (κ1) is 18.0. The number of carbonyl (C=O) groups excluding carboxylic acids is 1. The van der Waals surface area contributed by atoms with Gasteiger partial charge >= 0.3 is 6.18 Å². The van der Waals surface area contributed by atoms with Gasteiger partial charge in [0.15, 0.2) is 5.13 Å². The first-order valence-corrected chi connectivity index (χ1v) is 8.62. The Balaban J connectivity index is 1.82. The lowest BCUT2D eigenvalue weighted by Crippen LogP contribution is -2.12. The summed E-state index contributed by atoms with van der Waals surface area (Å²) in [4.78, 5) is 27.1. The number of nitrogens with zero attached hydrogens (tertiary/aromatic N) is 3. The van der Waals surface area contributed by atoms with Gasteiger partial charge in [0.1, 0.15) is 17.2 Å². The highest BCUT2D eigenvalue weighted by atomic mass is 32.1. The molecule has 0 bridgehead atoms. The van der Waals surface area contributed by atoms with E-state index in [0.29, 0.717) is 11.2 Å². The molecule has 0 aliphatic heterocycles. The maximum atomic E-state index is 13.6. The first-order valence-electron chi connectivity index (χ1n) is 7.74. The minimum Gasteiger partial charge on any atom is -0.337 e. The summed E-state index contributed by atoms with van der Waals surface area (Å²) in [5.74, 6) is -1.64. The summed E-state index contributed by atoms with van der Waals surface area (Å²) in [6.07, 6.45) is -0.635. The summed E-state index contributed by atoms with van der Waals surface area (Å²) in [5, 5.41) is 4.58. The molecule has 1 aromatic carbocycles. The normalized spacial score (nSPS) is 11.7. The monoisotopic (exact) mass is 407 g/mol. The van der Waals surface area contributed by atoms with Crippen molar-refractivity contribution in [1.29, 1.82) is 0 Å². The summed E-state index contributed by atoms with van der Waals surface area (Å²) in [6.45, 7) is 0. The van der Waals surface area contributed by atoms with Crippen molar-refractivity contribution >= 4 is 33.4 Å². The van der Waals surface area contributed by atoms with E-state index in [1.165, 1.54) is 29.9 Å². The van der Waals surface area contributed by atoms with Gasteiger partial charge in [0, 0.05) is 23.3 Å². The van der Waals surface area contributed by atoms with Crippen molar-refractivity contribution in [3.05, 3.63) is 59.1 Å². The van der Waals surface area contributed by atoms with Crippen LogP contribution in [-0.2, 0) is 6.18 Å². The molecule has 0 spiro atoms. The van der Waals surface area contributed by atoms with Crippen LogP contribution in [-0.4, -0.2) is 25.8 Å². The van der Waals surface area contributed by atoms with Crippen LogP contribution in [0.1, 0.15) is 15.9 Å². The summed E-state index contributed by atoms with van der Waals surface area (Å²) >= 11 is 1.20. The number of anilines is 1. The fraction of sp³-hybridized carbons (Fsp3) is 0.0588. The van der Waals surface area contributed by atoms with Crippen LogP contribution < -0.4 is 5.32 Å². The van der Waals surface area contributed by atoms with Gasteiger partial charge in [0.25, 0.3) is 5.91 Å². The van der Waals surface area contributed by atoms with Crippen LogP contribution in [0.25, 0.3) is 22.4 Å². The van der Waals surface area contributed by atoms with Crippen molar-refractivity contribution in [3.63, 3.8) is 0 Å². The Morgan fingerprint density at radius 1 is 1.21 bits per heavy atom. The number of alkyl halides is 3. The second kappa shape index (κ2) is 6.68. The zero-order chi connectivity index (χ0) is 19.9. The van der Waals surface area contributed by atoms with Gasteiger partial charge in [-0.3, -0.25) is 15.1 Å². The average molecular weight is 407 g/mol. The Kier molecular flexibility index (Phi) is 4.30. The Morgan fingerprint density at radius 3 is 2.75 bits per heavy atom. The van der Waals surface area contributed by atoms with Crippen molar-refractivity contribution in [2.45, 2.75) is 6.18 Å². The number of aromatic nitrogens is 4. The number of hydrogen-bond acceptors (Lipinski definition) is 5. The number of carbonyl (C=O) groups is 1. The molecule has 0 fully saturated rings. The molecular formula is C17H9F4N5OS. The number of halogens is 4. The molecule has 28 heavy (non-hydrogen) atoms. The average Bonchev–Trinajstić information content (AvgIpc) is 3.29. The molecule has 6 nitrogen and oxygen atoms in total. The maximum absolute atomic E-state index is 13.6. The SMILES string of the molecule is O=C(Nc1nccs1)c1cncc2[nH]c(-c3cc(F)ccc3C(F)(F)F)nc12. The molecule has 0 atom stereocenters. The highest BCUT2D eigenvalue weighted by Crippen LogP contribution is 2.37. The standard InChI is InChI=1S/C17H9F4N5OS/c18-8-1-2-11(17(19,20)21)9(5-8)14-24-12-7-22-6-10(13(12)25-14)15(27)26-16-23-3-4-28-16/h1-7H,(H,24,25)(H,23,26,27). The van der Waals surface area contributed by atoms with Crippen LogP contribution in [0.3, 0.4) is 0 Å². The van der Waals surface area contributed by atoms with E-state index < -0.39 is 29.0 Å². The van der Waals surface area contributed by atoms with Gasteiger partial charge in [-0.2, -0.15) is 13.2 Å². The molecule has 0 radical (unpaired) electrons. The van der Waals surface area contributed by atoms with E-state index in [9.17, 15) is 22.4 Å². The molecule has 2 N–H and O–H groups in total. The summed E-state index contributed by atoms with van der Waals surface area (Å²) in [5.41, 5.74) is -1.12. The van der Waals surface area contributed by atoms with Crippen LogP contribution in [0.4, 0.5) is 22.7 Å². The number of hydrogen-bond donors (Lipinski definition) is 2. The Hall–Kier alpha value is -3.34. The fourth-order valence-electron chi connectivity index (χ4n) is 2.64. The smallest absolute Gasteiger partial charge is 0.337 e. The number of imidazole rings is 1.